The Hall–Kier alpha value is -3.42. The Morgan fingerprint density at radius 2 is 2.07 bits per heavy atom. The van der Waals surface area contributed by atoms with Gasteiger partial charge in [0.05, 0.1) is 6.61 Å². The van der Waals surface area contributed by atoms with Crippen molar-refractivity contribution in [2.45, 2.75) is 13.3 Å². The fourth-order valence-electron chi connectivity index (χ4n) is 3.13. The zero-order valence-electron chi connectivity index (χ0n) is 16.3. The molecule has 152 valence electrons. The maximum atomic E-state index is 12.6. The van der Waals surface area contributed by atoms with E-state index in [0.29, 0.717) is 37.2 Å². The van der Waals surface area contributed by atoms with Crippen molar-refractivity contribution < 1.29 is 19.1 Å². The standard InChI is InChI=1S/C21H24N4O4/c1-2-29-19(26)14-25-12-8-15-13-16(6-7-17(15)21(25)28)20(27)24-11-10-23-18-5-3-4-9-22-18/h3-7,9,13H,2,8,10-12,14H2,1H3,(H,22,23)(H,24,27). The van der Waals surface area contributed by atoms with E-state index in [9.17, 15) is 14.4 Å². The van der Waals surface area contributed by atoms with Gasteiger partial charge in [-0.15, -0.1) is 0 Å². The minimum atomic E-state index is -0.417. The molecule has 0 saturated carbocycles. The Kier molecular flexibility index (Phi) is 6.78. The average Bonchev–Trinajstić information content (AvgIpc) is 2.74. The van der Waals surface area contributed by atoms with Gasteiger partial charge in [0.25, 0.3) is 11.8 Å². The third-order valence-electron chi connectivity index (χ3n) is 4.54. The highest BCUT2D eigenvalue weighted by atomic mass is 16.5. The molecule has 1 aliphatic rings. The van der Waals surface area contributed by atoms with E-state index in [4.69, 9.17) is 4.74 Å². The van der Waals surface area contributed by atoms with Gasteiger partial charge in [-0.3, -0.25) is 14.4 Å². The lowest BCUT2D eigenvalue weighted by atomic mass is 9.96. The summed E-state index contributed by atoms with van der Waals surface area (Å²) < 4.78 is 4.91. The first kappa shape index (κ1) is 20.3. The number of anilines is 1. The van der Waals surface area contributed by atoms with E-state index < -0.39 is 5.97 Å². The lowest BCUT2D eigenvalue weighted by molar-refractivity contribution is -0.143. The molecule has 2 amide bonds. The van der Waals surface area contributed by atoms with Gasteiger partial charge in [0, 0.05) is 37.0 Å². The van der Waals surface area contributed by atoms with Crippen LogP contribution < -0.4 is 10.6 Å². The second-order valence-electron chi connectivity index (χ2n) is 6.55. The Bertz CT molecular complexity index is 886. The van der Waals surface area contributed by atoms with Crippen molar-refractivity contribution in [2.75, 3.05) is 38.1 Å². The van der Waals surface area contributed by atoms with Crippen LogP contribution in [0.4, 0.5) is 5.82 Å². The van der Waals surface area contributed by atoms with Gasteiger partial charge < -0.3 is 20.3 Å². The van der Waals surface area contributed by atoms with Crippen LogP contribution in [0.15, 0.2) is 42.6 Å². The maximum Gasteiger partial charge on any atom is 0.325 e. The molecule has 0 aliphatic carbocycles. The number of pyridine rings is 1. The third kappa shape index (κ3) is 5.31. The molecule has 0 radical (unpaired) electrons. The predicted molar refractivity (Wildman–Crippen MR) is 108 cm³/mol. The topological polar surface area (TPSA) is 101 Å². The maximum absolute atomic E-state index is 12.6. The van der Waals surface area contributed by atoms with Gasteiger partial charge in [-0.05, 0) is 49.2 Å². The first-order valence-electron chi connectivity index (χ1n) is 9.59. The van der Waals surface area contributed by atoms with Gasteiger partial charge in [-0.25, -0.2) is 4.98 Å². The fourth-order valence-corrected chi connectivity index (χ4v) is 3.13. The highest BCUT2D eigenvalue weighted by Crippen LogP contribution is 2.20. The van der Waals surface area contributed by atoms with Crippen LogP contribution in [0.25, 0.3) is 0 Å². The zero-order valence-corrected chi connectivity index (χ0v) is 16.3. The van der Waals surface area contributed by atoms with E-state index in [1.165, 1.54) is 4.90 Å². The molecule has 0 fully saturated rings. The molecule has 0 spiro atoms. The number of amides is 2. The van der Waals surface area contributed by atoms with Crippen LogP contribution in [0.2, 0.25) is 0 Å². The zero-order chi connectivity index (χ0) is 20.6. The van der Waals surface area contributed by atoms with Crippen molar-refractivity contribution in [3.63, 3.8) is 0 Å². The van der Waals surface area contributed by atoms with Gasteiger partial charge in [-0.1, -0.05) is 6.07 Å². The normalized spacial score (nSPS) is 12.9. The third-order valence-corrected chi connectivity index (χ3v) is 4.54. The van der Waals surface area contributed by atoms with E-state index in [0.717, 1.165) is 11.4 Å². The Labute approximate surface area is 169 Å². The smallest absolute Gasteiger partial charge is 0.325 e. The molecule has 0 bridgehead atoms. The molecule has 2 N–H and O–H groups in total. The molecule has 8 nitrogen and oxygen atoms in total. The molecule has 0 saturated heterocycles. The minimum Gasteiger partial charge on any atom is -0.465 e. The van der Waals surface area contributed by atoms with Crippen molar-refractivity contribution in [3.8, 4) is 0 Å². The van der Waals surface area contributed by atoms with E-state index in [1.54, 1.807) is 31.3 Å². The number of carbonyl (C=O) groups excluding carboxylic acids is 3. The lowest BCUT2D eigenvalue weighted by Gasteiger charge is -2.28. The van der Waals surface area contributed by atoms with Crippen molar-refractivity contribution in [3.05, 3.63) is 59.3 Å². The van der Waals surface area contributed by atoms with Gasteiger partial charge in [0.15, 0.2) is 0 Å². The number of benzene rings is 1. The highest BCUT2D eigenvalue weighted by Gasteiger charge is 2.26. The summed E-state index contributed by atoms with van der Waals surface area (Å²) >= 11 is 0. The average molecular weight is 396 g/mol. The van der Waals surface area contributed by atoms with Gasteiger partial charge >= 0.3 is 5.97 Å². The molecular formula is C21H24N4O4. The number of nitrogens with one attached hydrogen (secondary N) is 2. The summed E-state index contributed by atoms with van der Waals surface area (Å²) in [6, 6.07) is 10.6. The van der Waals surface area contributed by atoms with Crippen LogP contribution in [0.1, 0.15) is 33.2 Å². The first-order chi connectivity index (χ1) is 14.1. The largest absolute Gasteiger partial charge is 0.465 e. The van der Waals surface area contributed by atoms with Crippen molar-refractivity contribution >= 4 is 23.6 Å². The Balaban J connectivity index is 1.54. The fraction of sp³-hybridized carbons (Fsp3) is 0.333. The van der Waals surface area contributed by atoms with Crippen LogP contribution in [0.5, 0.6) is 0 Å². The predicted octanol–water partition coefficient (Wildman–Crippen LogP) is 1.48. The SMILES string of the molecule is CCOC(=O)CN1CCc2cc(C(=O)NCCNc3ccccn3)ccc2C1=O. The van der Waals surface area contributed by atoms with Crippen LogP contribution >= 0.6 is 0 Å². The highest BCUT2D eigenvalue weighted by molar-refractivity contribution is 6.00. The number of fused-ring (bicyclic) bond motifs is 1. The van der Waals surface area contributed by atoms with E-state index in [-0.39, 0.29) is 25.0 Å². The van der Waals surface area contributed by atoms with Gasteiger partial charge in [0.2, 0.25) is 0 Å². The second-order valence-corrected chi connectivity index (χ2v) is 6.55. The number of hydrogen-bond donors (Lipinski definition) is 2. The van der Waals surface area contributed by atoms with Gasteiger partial charge in [0.1, 0.15) is 12.4 Å². The van der Waals surface area contributed by atoms with Crippen LogP contribution in [-0.4, -0.2) is 60.5 Å². The van der Waals surface area contributed by atoms with Crippen molar-refractivity contribution in [1.82, 2.24) is 15.2 Å². The number of rotatable bonds is 8. The molecule has 29 heavy (non-hydrogen) atoms. The quantitative estimate of drug-likeness (QED) is 0.518. The molecule has 0 unspecified atom stereocenters. The summed E-state index contributed by atoms with van der Waals surface area (Å²) in [5, 5.41) is 5.97. The summed E-state index contributed by atoms with van der Waals surface area (Å²) in [6.45, 7) is 3.37. The van der Waals surface area contributed by atoms with Crippen LogP contribution in [0.3, 0.4) is 0 Å². The number of nitrogens with zero attached hydrogens (tertiary/aromatic N) is 2. The van der Waals surface area contributed by atoms with Gasteiger partial charge in [-0.2, -0.15) is 0 Å². The molecule has 1 aliphatic heterocycles. The number of hydrogen-bond acceptors (Lipinski definition) is 6. The second kappa shape index (κ2) is 9.68. The lowest BCUT2D eigenvalue weighted by Crippen LogP contribution is -2.41. The van der Waals surface area contributed by atoms with E-state index >= 15 is 0 Å². The molecule has 3 rings (SSSR count). The van der Waals surface area contributed by atoms with E-state index in [2.05, 4.69) is 15.6 Å². The van der Waals surface area contributed by atoms with Crippen LogP contribution in [0, 0.1) is 0 Å². The molecule has 2 heterocycles. The molecule has 0 atom stereocenters. The monoisotopic (exact) mass is 396 g/mol. The van der Waals surface area contributed by atoms with Crippen molar-refractivity contribution in [1.29, 1.82) is 0 Å². The van der Waals surface area contributed by atoms with Crippen molar-refractivity contribution in [2.24, 2.45) is 0 Å². The summed E-state index contributed by atoms with van der Waals surface area (Å²) in [5.41, 5.74) is 1.84. The van der Waals surface area contributed by atoms with Crippen LogP contribution in [-0.2, 0) is 16.0 Å². The van der Waals surface area contributed by atoms with E-state index in [1.807, 2.05) is 18.2 Å². The summed E-state index contributed by atoms with van der Waals surface area (Å²) in [5.74, 6) is -0.0797. The summed E-state index contributed by atoms with van der Waals surface area (Å²) in [6.07, 6.45) is 2.28. The Morgan fingerprint density at radius 1 is 1.21 bits per heavy atom. The number of carbonyl (C=O) groups is 3. The number of esters is 1. The first-order valence-corrected chi connectivity index (χ1v) is 9.59. The molecule has 8 heteroatoms. The summed E-state index contributed by atoms with van der Waals surface area (Å²) in [4.78, 5) is 42.3. The molecule has 1 aromatic heterocycles. The Morgan fingerprint density at radius 3 is 2.83 bits per heavy atom. The molecule has 2 aromatic rings. The number of aromatic nitrogens is 1. The minimum absolute atomic E-state index is 0.0579. The molecular weight excluding hydrogens is 372 g/mol. The summed E-state index contributed by atoms with van der Waals surface area (Å²) in [7, 11) is 0. The number of ether oxygens (including phenoxy) is 1. The molecule has 1 aromatic carbocycles.